The van der Waals surface area contributed by atoms with Crippen LogP contribution in [0.1, 0.15) is 27.1 Å². The van der Waals surface area contributed by atoms with Crippen LogP contribution in [0.2, 0.25) is 5.02 Å². The highest BCUT2D eigenvalue weighted by Crippen LogP contribution is 2.17. The Morgan fingerprint density at radius 1 is 1.00 bits per heavy atom. The molecule has 0 spiro atoms. The summed E-state index contributed by atoms with van der Waals surface area (Å²) in [5, 5.41) is 9.68. The Hall–Kier alpha value is -2.44. The summed E-state index contributed by atoms with van der Waals surface area (Å²) in [4.78, 5) is 24.3. The number of halogens is 1. The number of Topliss-reactive ketones (excluding diaryl/α,β-unsaturated/α-hetero) is 2. The summed E-state index contributed by atoms with van der Waals surface area (Å²) < 4.78 is 0. The van der Waals surface area contributed by atoms with E-state index in [0.717, 1.165) is 0 Å². The Morgan fingerprint density at radius 3 is 2.19 bits per heavy atom. The van der Waals surface area contributed by atoms with Crippen LogP contribution in [0.15, 0.2) is 54.6 Å². The Morgan fingerprint density at radius 2 is 1.62 bits per heavy atom. The fourth-order valence-electron chi connectivity index (χ4n) is 1.94. The zero-order valence-electron chi connectivity index (χ0n) is 11.1. The molecule has 1 unspecified atom stereocenters. The normalized spacial score (nSPS) is 11.4. The summed E-state index contributed by atoms with van der Waals surface area (Å²) >= 11 is 5.76. The van der Waals surface area contributed by atoms with Gasteiger partial charge in [0.2, 0.25) is 0 Å². The minimum Gasteiger partial charge on any atom is -0.294 e. The summed E-state index contributed by atoms with van der Waals surface area (Å²) in [6, 6.07) is 16.8. The molecule has 2 aromatic carbocycles. The molecule has 0 aromatic heterocycles. The first kappa shape index (κ1) is 15.0. The standard InChI is InChI=1S/C17H12ClNO2/c18-15-8-6-12(7-9-15)16(20)10-14(11-19)17(21)13-4-2-1-3-5-13/h1-9,14H,10H2. The lowest BCUT2D eigenvalue weighted by Gasteiger charge is -2.07. The fraction of sp³-hybridized carbons (Fsp3) is 0.118. The smallest absolute Gasteiger partial charge is 0.180 e. The van der Waals surface area contributed by atoms with Crippen molar-refractivity contribution in [3.05, 3.63) is 70.7 Å². The van der Waals surface area contributed by atoms with E-state index in [4.69, 9.17) is 16.9 Å². The van der Waals surface area contributed by atoms with Gasteiger partial charge in [-0.15, -0.1) is 0 Å². The first-order chi connectivity index (χ1) is 10.1. The van der Waals surface area contributed by atoms with Gasteiger partial charge in [-0.25, -0.2) is 0 Å². The molecule has 0 saturated carbocycles. The van der Waals surface area contributed by atoms with E-state index in [2.05, 4.69) is 0 Å². The molecule has 0 bridgehead atoms. The zero-order valence-corrected chi connectivity index (χ0v) is 11.9. The number of ketones is 2. The molecule has 0 heterocycles. The largest absolute Gasteiger partial charge is 0.294 e. The van der Waals surface area contributed by atoms with Crippen molar-refractivity contribution in [2.24, 2.45) is 5.92 Å². The van der Waals surface area contributed by atoms with Crippen LogP contribution in [-0.2, 0) is 0 Å². The van der Waals surface area contributed by atoms with Crippen LogP contribution in [0.4, 0.5) is 0 Å². The maximum Gasteiger partial charge on any atom is 0.180 e. The molecule has 0 N–H and O–H groups in total. The summed E-state index contributed by atoms with van der Waals surface area (Å²) in [6.07, 6.45) is -0.133. The molecule has 2 aromatic rings. The summed E-state index contributed by atoms with van der Waals surface area (Å²) in [5.41, 5.74) is 0.883. The van der Waals surface area contributed by atoms with Crippen LogP contribution < -0.4 is 0 Å². The van der Waals surface area contributed by atoms with Gasteiger partial charge >= 0.3 is 0 Å². The lowest BCUT2D eigenvalue weighted by atomic mass is 9.92. The molecule has 0 fully saturated rings. The van der Waals surface area contributed by atoms with Gasteiger partial charge in [-0.3, -0.25) is 9.59 Å². The molecule has 1 atom stereocenters. The van der Waals surface area contributed by atoms with Crippen molar-refractivity contribution >= 4 is 23.2 Å². The highest BCUT2D eigenvalue weighted by Gasteiger charge is 2.23. The zero-order chi connectivity index (χ0) is 15.2. The van der Waals surface area contributed by atoms with Gasteiger partial charge in [-0.2, -0.15) is 5.26 Å². The number of hydrogen-bond acceptors (Lipinski definition) is 3. The average Bonchev–Trinajstić information content (AvgIpc) is 2.53. The molecule has 104 valence electrons. The quantitative estimate of drug-likeness (QED) is 0.786. The topological polar surface area (TPSA) is 57.9 Å². The van der Waals surface area contributed by atoms with E-state index in [0.29, 0.717) is 16.1 Å². The average molecular weight is 298 g/mol. The molecule has 0 amide bonds. The van der Waals surface area contributed by atoms with Crippen molar-refractivity contribution in [2.75, 3.05) is 0 Å². The van der Waals surface area contributed by atoms with E-state index in [9.17, 15) is 9.59 Å². The molecule has 2 rings (SSSR count). The van der Waals surface area contributed by atoms with Gasteiger partial charge in [0.15, 0.2) is 11.6 Å². The predicted octanol–water partition coefficient (Wildman–Crippen LogP) is 3.94. The van der Waals surface area contributed by atoms with Gasteiger partial charge in [0, 0.05) is 22.6 Å². The van der Waals surface area contributed by atoms with Gasteiger partial charge in [0.25, 0.3) is 0 Å². The molecule has 0 saturated heterocycles. The van der Waals surface area contributed by atoms with E-state index in [1.165, 1.54) is 0 Å². The second-order valence-electron chi connectivity index (χ2n) is 4.55. The molecular formula is C17H12ClNO2. The van der Waals surface area contributed by atoms with Gasteiger partial charge < -0.3 is 0 Å². The van der Waals surface area contributed by atoms with Crippen LogP contribution in [-0.4, -0.2) is 11.6 Å². The van der Waals surface area contributed by atoms with Crippen LogP contribution in [0.3, 0.4) is 0 Å². The second-order valence-corrected chi connectivity index (χ2v) is 4.98. The minimum absolute atomic E-state index is 0.133. The molecule has 0 aliphatic heterocycles. The van der Waals surface area contributed by atoms with Crippen LogP contribution in [0.5, 0.6) is 0 Å². The number of benzene rings is 2. The number of nitrogens with zero attached hydrogens (tertiary/aromatic N) is 1. The minimum atomic E-state index is -0.976. The van der Waals surface area contributed by atoms with E-state index >= 15 is 0 Å². The molecule has 0 radical (unpaired) electrons. The van der Waals surface area contributed by atoms with Crippen molar-refractivity contribution in [3.63, 3.8) is 0 Å². The maximum absolute atomic E-state index is 12.2. The molecule has 0 aliphatic carbocycles. The Balaban J connectivity index is 2.13. The Labute approximate surface area is 127 Å². The lowest BCUT2D eigenvalue weighted by Crippen LogP contribution is -2.17. The summed E-state index contributed by atoms with van der Waals surface area (Å²) in [7, 11) is 0. The maximum atomic E-state index is 12.2. The van der Waals surface area contributed by atoms with Crippen LogP contribution in [0, 0.1) is 17.2 Å². The SMILES string of the molecule is N#CC(CC(=O)c1ccc(Cl)cc1)C(=O)c1ccccc1. The summed E-state index contributed by atoms with van der Waals surface area (Å²) in [6.45, 7) is 0. The molecule has 21 heavy (non-hydrogen) atoms. The highest BCUT2D eigenvalue weighted by molar-refractivity contribution is 6.30. The Bertz CT molecular complexity index is 687. The monoisotopic (exact) mass is 297 g/mol. The number of rotatable bonds is 5. The molecular weight excluding hydrogens is 286 g/mol. The number of nitriles is 1. The number of carbonyl (C=O) groups excluding carboxylic acids is 2. The summed E-state index contributed by atoms with van der Waals surface area (Å²) in [5.74, 6) is -1.56. The van der Waals surface area contributed by atoms with Gasteiger partial charge in [0.05, 0.1) is 6.07 Å². The van der Waals surface area contributed by atoms with E-state index in [1.807, 2.05) is 6.07 Å². The fourth-order valence-corrected chi connectivity index (χ4v) is 2.07. The van der Waals surface area contributed by atoms with Crippen molar-refractivity contribution in [1.29, 1.82) is 5.26 Å². The highest BCUT2D eigenvalue weighted by atomic mass is 35.5. The van der Waals surface area contributed by atoms with Gasteiger partial charge in [-0.05, 0) is 24.3 Å². The molecule has 0 aliphatic rings. The molecule has 4 heteroatoms. The van der Waals surface area contributed by atoms with Crippen molar-refractivity contribution in [3.8, 4) is 6.07 Å². The molecule has 3 nitrogen and oxygen atoms in total. The van der Waals surface area contributed by atoms with Crippen molar-refractivity contribution in [2.45, 2.75) is 6.42 Å². The van der Waals surface area contributed by atoms with Crippen LogP contribution >= 0.6 is 11.6 Å². The van der Waals surface area contributed by atoms with Gasteiger partial charge in [-0.1, -0.05) is 41.9 Å². The van der Waals surface area contributed by atoms with E-state index in [-0.39, 0.29) is 18.0 Å². The lowest BCUT2D eigenvalue weighted by molar-refractivity contribution is 0.0882. The van der Waals surface area contributed by atoms with Crippen molar-refractivity contribution in [1.82, 2.24) is 0 Å². The van der Waals surface area contributed by atoms with E-state index < -0.39 is 5.92 Å². The third kappa shape index (κ3) is 3.77. The third-order valence-electron chi connectivity index (χ3n) is 3.09. The van der Waals surface area contributed by atoms with Crippen LogP contribution in [0.25, 0.3) is 0 Å². The Kier molecular flexibility index (Phi) is 4.86. The first-order valence-corrected chi connectivity index (χ1v) is 6.77. The predicted molar refractivity (Wildman–Crippen MR) is 80.3 cm³/mol. The number of hydrogen-bond donors (Lipinski definition) is 0. The third-order valence-corrected chi connectivity index (χ3v) is 3.34. The van der Waals surface area contributed by atoms with Gasteiger partial charge in [0.1, 0.15) is 5.92 Å². The first-order valence-electron chi connectivity index (χ1n) is 6.39. The number of carbonyl (C=O) groups is 2. The second kappa shape index (κ2) is 6.83. The van der Waals surface area contributed by atoms with E-state index in [1.54, 1.807) is 54.6 Å². The van der Waals surface area contributed by atoms with Crippen molar-refractivity contribution < 1.29 is 9.59 Å².